The summed E-state index contributed by atoms with van der Waals surface area (Å²) in [5.74, 6) is 0.808. The third-order valence-corrected chi connectivity index (χ3v) is 2.31. The summed E-state index contributed by atoms with van der Waals surface area (Å²) in [4.78, 5) is 0. The van der Waals surface area contributed by atoms with Crippen LogP contribution in [0.2, 0.25) is 0 Å². The van der Waals surface area contributed by atoms with Crippen molar-refractivity contribution in [2.24, 2.45) is 7.05 Å². The molecule has 3 nitrogen and oxygen atoms in total. The van der Waals surface area contributed by atoms with Gasteiger partial charge in [0.1, 0.15) is 5.69 Å². The van der Waals surface area contributed by atoms with Crippen LogP contribution in [0, 0.1) is 6.92 Å². The van der Waals surface area contributed by atoms with Gasteiger partial charge in [-0.1, -0.05) is 37.6 Å². The van der Waals surface area contributed by atoms with Gasteiger partial charge in [-0.05, 0) is 13.0 Å². The molecule has 0 spiro atoms. The van der Waals surface area contributed by atoms with Crippen LogP contribution >= 0.6 is 0 Å². The van der Waals surface area contributed by atoms with Crippen molar-refractivity contribution in [1.82, 2.24) is 9.78 Å². The van der Waals surface area contributed by atoms with Crippen LogP contribution in [0.25, 0.3) is 11.3 Å². The molecule has 0 amide bonds. The minimum atomic E-state index is 0.808. The highest BCUT2D eigenvalue weighted by Gasteiger charge is 2.09. The fraction of sp³-hybridized carbons (Fsp3) is 0.357. The average molecular weight is 232 g/mol. The molecule has 0 saturated heterocycles. The zero-order chi connectivity index (χ0) is 12.8. The summed E-state index contributed by atoms with van der Waals surface area (Å²) in [6.07, 6.45) is 1.87. The minimum absolute atomic E-state index is 0.808. The van der Waals surface area contributed by atoms with Crippen LogP contribution in [-0.2, 0) is 7.05 Å². The highest BCUT2D eigenvalue weighted by molar-refractivity contribution is 5.66. The van der Waals surface area contributed by atoms with E-state index in [4.69, 9.17) is 4.74 Å². The van der Waals surface area contributed by atoms with Gasteiger partial charge < -0.3 is 4.74 Å². The van der Waals surface area contributed by atoms with Crippen LogP contribution in [0.5, 0.6) is 5.75 Å². The van der Waals surface area contributed by atoms with E-state index in [1.54, 1.807) is 11.8 Å². The molecule has 0 radical (unpaired) electrons. The van der Waals surface area contributed by atoms with Crippen LogP contribution in [0.1, 0.15) is 19.4 Å². The van der Waals surface area contributed by atoms with Gasteiger partial charge >= 0.3 is 0 Å². The second-order valence-corrected chi connectivity index (χ2v) is 3.59. The van der Waals surface area contributed by atoms with Crippen molar-refractivity contribution in [3.63, 3.8) is 0 Å². The Bertz CT molecular complexity index is 475. The molecule has 0 aliphatic carbocycles. The van der Waals surface area contributed by atoms with Crippen molar-refractivity contribution in [2.75, 3.05) is 7.11 Å². The molecule has 0 unspecified atom stereocenters. The van der Waals surface area contributed by atoms with Gasteiger partial charge in [-0.15, -0.1) is 0 Å². The number of hydrogen-bond acceptors (Lipinski definition) is 2. The van der Waals surface area contributed by atoms with E-state index in [2.05, 4.69) is 24.2 Å². The Labute approximate surface area is 103 Å². The molecule has 1 heterocycles. The number of rotatable bonds is 2. The molecule has 0 aliphatic heterocycles. The van der Waals surface area contributed by atoms with Gasteiger partial charge in [-0.3, -0.25) is 4.68 Å². The molecule has 2 aromatic rings. The van der Waals surface area contributed by atoms with Crippen LogP contribution < -0.4 is 4.74 Å². The number of ether oxygens (including phenoxy) is 1. The summed E-state index contributed by atoms with van der Waals surface area (Å²) in [7, 11) is 3.55. The summed E-state index contributed by atoms with van der Waals surface area (Å²) in [5, 5.41) is 4.38. The molecule has 1 aromatic heterocycles. The van der Waals surface area contributed by atoms with Gasteiger partial charge in [0, 0.05) is 12.6 Å². The van der Waals surface area contributed by atoms with Crippen molar-refractivity contribution >= 4 is 0 Å². The Morgan fingerprint density at radius 2 is 1.94 bits per heavy atom. The Morgan fingerprint density at radius 1 is 1.24 bits per heavy atom. The number of aromatic nitrogens is 2. The Hall–Kier alpha value is -1.77. The summed E-state index contributed by atoms with van der Waals surface area (Å²) in [6.45, 7) is 6.07. The predicted molar refractivity (Wildman–Crippen MR) is 71.3 cm³/mol. The van der Waals surface area contributed by atoms with Gasteiger partial charge in [0.2, 0.25) is 0 Å². The number of nitrogens with zero attached hydrogens (tertiary/aromatic N) is 2. The number of methoxy groups -OCH3 is 1. The van der Waals surface area contributed by atoms with E-state index in [-0.39, 0.29) is 0 Å². The summed E-state index contributed by atoms with van der Waals surface area (Å²) in [5.41, 5.74) is 3.20. The van der Waals surface area contributed by atoms with Crippen molar-refractivity contribution in [1.29, 1.82) is 0 Å². The van der Waals surface area contributed by atoms with E-state index < -0.39 is 0 Å². The van der Waals surface area contributed by atoms with E-state index >= 15 is 0 Å². The largest absolute Gasteiger partial charge is 0.493 e. The standard InChI is InChI=1S/C12H14N2O.C2H6/c1-9-5-4-6-10(7-9)12-11(15-3)8-14(2)13-12;1-2/h4-8H,1-3H3;1-2H3. The lowest BCUT2D eigenvalue weighted by Gasteiger charge is -2.01. The summed E-state index contributed by atoms with van der Waals surface area (Å²) >= 11 is 0. The van der Waals surface area contributed by atoms with Crippen molar-refractivity contribution < 1.29 is 4.74 Å². The van der Waals surface area contributed by atoms with Gasteiger partial charge in [-0.25, -0.2) is 0 Å². The molecule has 0 fully saturated rings. The highest BCUT2D eigenvalue weighted by Crippen LogP contribution is 2.28. The third-order valence-electron chi connectivity index (χ3n) is 2.31. The highest BCUT2D eigenvalue weighted by atomic mass is 16.5. The molecule has 0 atom stereocenters. The van der Waals surface area contributed by atoms with Gasteiger partial charge in [-0.2, -0.15) is 5.10 Å². The molecule has 0 N–H and O–H groups in total. The fourth-order valence-electron chi connectivity index (χ4n) is 1.61. The first-order valence-electron chi connectivity index (χ1n) is 5.85. The molecule has 0 bridgehead atoms. The zero-order valence-electron chi connectivity index (χ0n) is 11.2. The summed E-state index contributed by atoms with van der Waals surface area (Å²) in [6, 6.07) is 8.24. The molecule has 1 aromatic carbocycles. The fourth-order valence-corrected chi connectivity index (χ4v) is 1.61. The quantitative estimate of drug-likeness (QED) is 0.793. The van der Waals surface area contributed by atoms with Crippen LogP contribution in [0.3, 0.4) is 0 Å². The smallest absolute Gasteiger partial charge is 0.164 e. The first-order valence-corrected chi connectivity index (χ1v) is 5.85. The van der Waals surface area contributed by atoms with E-state index in [0.29, 0.717) is 0 Å². The molecule has 0 saturated carbocycles. The number of benzene rings is 1. The van der Waals surface area contributed by atoms with Crippen LogP contribution in [-0.4, -0.2) is 16.9 Å². The van der Waals surface area contributed by atoms with Gasteiger partial charge in [0.15, 0.2) is 5.75 Å². The Balaban J connectivity index is 0.000000686. The summed E-state index contributed by atoms with van der Waals surface area (Å²) < 4.78 is 7.04. The third kappa shape index (κ3) is 3.09. The van der Waals surface area contributed by atoms with E-state index in [1.807, 2.05) is 39.2 Å². The monoisotopic (exact) mass is 232 g/mol. The molecule has 2 rings (SSSR count). The number of hydrogen-bond donors (Lipinski definition) is 0. The second kappa shape index (κ2) is 6.09. The molecular weight excluding hydrogens is 212 g/mol. The molecular formula is C14H20N2O. The Kier molecular flexibility index (Phi) is 4.76. The maximum atomic E-state index is 5.28. The van der Waals surface area contributed by atoms with E-state index in [9.17, 15) is 0 Å². The SMILES string of the molecule is CC.COc1cn(C)nc1-c1cccc(C)c1. The average Bonchev–Trinajstić information content (AvgIpc) is 2.73. The minimum Gasteiger partial charge on any atom is -0.493 e. The molecule has 92 valence electrons. The molecule has 3 heteroatoms. The van der Waals surface area contributed by atoms with Crippen molar-refractivity contribution in [2.45, 2.75) is 20.8 Å². The maximum Gasteiger partial charge on any atom is 0.164 e. The lowest BCUT2D eigenvalue weighted by Crippen LogP contribution is -1.88. The predicted octanol–water partition coefficient (Wildman–Crippen LogP) is 3.43. The Morgan fingerprint density at radius 3 is 2.53 bits per heavy atom. The molecule has 0 aliphatic rings. The van der Waals surface area contributed by atoms with E-state index in [0.717, 1.165) is 17.0 Å². The lowest BCUT2D eigenvalue weighted by atomic mass is 10.1. The van der Waals surface area contributed by atoms with Crippen molar-refractivity contribution in [3.05, 3.63) is 36.0 Å². The lowest BCUT2D eigenvalue weighted by molar-refractivity contribution is 0.416. The topological polar surface area (TPSA) is 27.1 Å². The van der Waals surface area contributed by atoms with Gasteiger partial charge in [0.25, 0.3) is 0 Å². The van der Waals surface area contributed by atoms with Crippen LogP contribution in [0.4, 0.5) is 0 Å². The second-order valence-electron chi connectivity index (χ2n) is 3.59. The van der Waals surface area contributed by atoms with E-state index in [1.165, 1.54) is 5.56 Å². The number of aryl methyl sites for hydroxylation is 2. The van der Waals surface area contributed by atoms with Gasteiger partial charge in [0.05, 0.1) is 13.3 Å². The molecule has 17 heavy (non-hydrogen) atoms. The maximum absolute atomic E-state index is 5.28. The van der Waals surface area contributed by atoms with Crippen molar-refractivity contribution in [3.8, 4) is 17.0 Å². The van der Waals surface area contributed by atoms with Crippen LogP contribution in [0.15, 0.2) is 30.5 Å². The normalized spacial score (nSPS) is 9.47. The first-order chi connectivity index (χ1) is 8.20. The zero-order valence-corrected chi connectivity index (χ0v) is 11.2. The first kappa shape index (κ1) is 13.3.